The van der Waals surface area contributed by atoms with Crippen LogP contribution in [0.3, 0.4) is 0 Å². The van der Waals surface area contributed by atoms with Gasteiger partial charge < -0.3 is 9.84 Å². The van der Waals surface area contributed by atoms with Gasteiger partial charge in [0, 0.05) is 6.54 Å². The molecule has 0 spiro atoms. The van der Waals surface area contributed by atoms with Crippen molar-refractivity contribution in [2.24, 2.45) is 0 Å². The molecule has 0 aliphatic heterocycles. The highest BCUT2D eigenvalue weighted by Crippen LogP contribution is 2.23. The molecule has 4 nitrogen and oxygen atoms in total. The van der Waals surface area contributed by atoms with E-state index in [4.69, 9.17) is 5.11 Å². The van der Waals surface area contributed by atoms with Crippen LogP contribution in [0.4, 0.5) is 13.2 Å². The topological polar surface area (TPSA) is 49.8 Å². The Kier molecular flexibility index (Phi) is 4.65. The van der Waals surface area contributed by atoms with Gasteiger partial charge in [0.1, 0.15) is 11.3 Å². The van der Waals surface area contributed by atoms with Crippen LogP contribution in [0.25, 0.3) is 0 Å². The monoisotopic (exact) mass is 291 g/mol. The average molecular weight is 291 g/mol. The van der Waals surface area contributed by atoms with Crippen molar-refractivity contribution in [3.8, 4) is 5.75 Å². The number of carboxylic acids is 1. The molecule has 0 unspecified atom stereocenters. The molecule has 0 saturated heterocycles. The van der Waals surface area contributed by atoms with Gasteiger partial charge in [-0.05, 0) is 38.6 Å². The normalized spacial score (nSPS) is 12.6. The Morgan fingerprint density at radius 3 is 2.15 bits per heavy atom. The van der Waals surface area contributed by atoms with Crippen molar-refractivity contribution in [2.45, 2.75) is 32.3 Å². The highest BCUT2D eigenvalue weighted by molar-refractivity contribution is 5.77. The first kappa shape index (κ1) is 16.3. The first-order valence-electron chi connectivity index (χ1n) is 5.81. The first-order valence-corrected chi connectivity index (χ1v) is 5.81. The van der Waals surface area contributed by atoms with Crippen molar-refractivity contribution < 1.29 is 27.8 Å². The number of rotatable bonds is 5. The lowest BCUT2D eigenvalue weighted by atomic mass is 10.0. The maximum absolute atomic E-state index is 12.0. The summed E-state index contributed by atoms with van der Waals surface area (Å²) in [5, 5.41) is 9.07. The fraction of sp³-hybridized carbons (Fsp3) is 0.462. The molecule has 0 heterocycles. The second-order valence-electron chi connectivity index (χ2n) is 4.91. The Morgan fingerprint density at radius 2 is 1.75 bits per heavy atom. The fourth-order valence-electron chi connectivity index (χ4n) is 1.43. The predicted octanol–water partition coefficient (Wildman–Crippen LogP) is 2.88. The SMILES string of the molecule is CN(Cc1ccc(OC(F)(F)F)cc1)C(C)(C)C(=O)O. The first-order chi connectivity index (χ1) is 9.02. The Morgan fingerprint density at radius 1 is 1.25 bits per heavy atom. The van der Waals surface area contributed by atoms with Gasteiger partial charge in [0.05, 0.1) is 0 Å². The smallest absolute Gasteiger partial charge is 0.480 e. The molecule has 0 amide bonds. The number of benzene rings is 1. The Balaban J connectivity index is 2.73. The number of likely N-dealkylation sites (N-methyl/N-ethyl adjacent to an activating group) is 1. The van der Waals surface area contributed by atoms with Crippen molar-refractivity contribution in [3.05, 3.63) is 29.8 Å². The summed E-state index contributed by atoms with van der Waals surface area (Å²) in [7, 11) is 1.63. The second kappa shape index (κ2) is 5.70. The van der Waals surface area contributed by atoms with Crippen LogP contribution in [0.15, 0.2) is 24.3 Å². The van der Waals surface area contributed by atoms with E-state index >= 15 is 0 Å². The molecule has 112 valence electrons. The van der Waals surface area contributed by atoms with Crippen molar-refractivity contribution in [3.63, 3.8) is 0 Å². The number of carbonyl (C=O) groups is 1. The van der Waals surface area contributed by atoms with Crippen LogP contribution < -0.4 is 4.74 Å². The number of halogens is 3. The molecule has 1 N–H and O–H groups in total. The maximum Gasteiger partial charge on any atom is 0.573 e. The molecule has 0 saturated carbocycles. The highest BCUT2D eigenvalue weighted by Gasteiger charge is 2.32. The van der Waals surface area contributed by atoms with E-state index in [-0.39, 0.29) is 5.75 Å². The summed E-state index contributed by atoms with van der Waals surface area (Å²) in [5.41, 5.74) is -0.377. The highest BCUT2D eigenvalue weighted by atomic mass is 19.4. The predicted molar refractivity (Wildman–Crippen MR) is 66.3 cm³/mol. The molecule has 0 bridgehead atoms. The minimum absolute atomic E-state index is 0.297. The van der Waals surface area contributed by atoms with Gasteiger partial charge in [-0.1, -0.05) is 12.1 Å². The Hall–Kier alpha value is -1.76. The van der Waals surface area contributed by atoms with E-state index < -0.39 is 17.9 Å². The minimum atomic E-state index is -4.72. The van der Waals surface area contributed by atoms with Crippen LogP contribution >= 0.6 is 0 Å². The molecule has 1 aromatic rings. The summed E-state index contributed by atoms with van der Waals surface area (Å²) in [4.78, 5) is 12.7. The summed E-state index contributed by atoms with van der Waals surface area (Å²) in [6.07, 6.45) is -4.72. The fourth-order valence-corrected chi connectivity index (χ4v) is 1.43. The third kappa shape index (κ3) is 4.41. The van der Waals surface area contributed by atoms with Crippen LogP contribution in [0.5, 0.6) is 5.75 Å². The molecule has 0 aliphatic carbocycles. The second-order valence-corrected chi connectivity index (χ2v) is 4.91. The number of hydrogen-bond acceptors (Lipinski definition) is 3. The van der Waals surface area contributed by atoms with Crippen molar-refractivity contribution in [2.75, 3.05) is 7.05 Å². The molecule has 0 aromatic heterocycles. The van der Waals surface area contributed by atoms with Gasteiger partial charge in [0.2, 0.25) is 0 Å². The van der Waals surface area contributed by atoms with Crippen molar-refractivity contribution in [1.82, 2.24) is 4.90 Å². The standard InChI is InChI=1S/C13H16F3NO3/c1-12(2,11(18)19)17(3)8-9-4-6-10(7-5-9)20-13(14,15)16/h4-7H,8H2,1-3H3,(H,18,19). The number of hydrogen-bond donors (Lipinski definition) is 1. The van der Waals surface area contributed by atoms with Gasteiger partial charge in [0.15, 0.2) is 0 Å². The van der Waals surface area contributed by atoms with Crippen LogP contribution in [0, 0.1) is 0 Å². The largest absolute Gasteiger partial charge is 0.573 e. The van der Waals surface area contributed by atoms with Crippen molar-refractivity contribution in [1.29, 1.82) is 0 Å². The lowest BCUT2D eigenvalue weighted by Gasteiger charge is -2.31. The zero-order chi connectivity index (χ0) is 15.6. The van der Waals surface area contributed by atoms with Gasteiger partial charge in [0.25, 0.3) is 0 Å². The molecule has 0 atom stereocenters. The molecule has 0 aliphatic rings. The van der Waals surface area contributed by atoms with Gasteiger partial charge >= 0.3 is 12.3 Å². The van der Waals surface area contributed by atoms with Gasteiger partial charge in [-0.2, -0.15) is 0 Å². The number of ether oxygens (including phenoxy) is 1. The van der Waals surface area contributed by atoms with Crippen LogP contribution in [-0.2, 0) is 11.3 Å². The van der Waals surface area contributed by atoms with E-state index in [1.165, 1.54) is 24.3 Å². The zero-order valence-corrected chi connectivity index (χ0v) is 11.4. The number of alkyl halides is 3. The maximum atomic E-state index is 12.0. The quantitative estimate of drug-likeness (QED) is 0.906. The lowest BCUT2D eigenvalue weighted by Crippen LogP contribution is -2.47. The molecule has 0 fully saturated rings. The summed E-state index contributed by atoms with van der Waals surface area (Å²) in [5.74, 6) is -1.28. The molecule has 7 heteroatoms. The van der Waals surface area contributed by atoms with E-state index in [9.17, 15) is 18.0 Å². The lowest BCUT2D eigenvalue weighted by molar-refractivity contribution is -0.274. The molecule has 20 heavy (non-hydrogen) atoms. The molecule has 1 rings (SSSR count). The third-order valence-corrected chi connectivity index (χ3v) is 3.05. The number of carboxylic acid groups (broad SMARTS) is 1. The van der Waals surface area contributed by atoms with Crippen molar-refractivity contribution >= 4 is 5.97 Å². The van der Waals surface area contributed by atoms with E-state index in [0.29, 0.717) is 12.1 Å². The van der Waals surface area contributed by atoms with E-state index in [2.05, 4.69) is 4.74 Å². The van der Waals surface area contributed by atoms with Gasteiger partial charge in [-0.3, -0.25) is 9.69 Å². The molecular formula is C13H16F3NO3. The molecular weight excluding hydrogens is 275 g/mol. The summed E-state index contributed by atoms with van der Waals surface area (Å²) in [6.45, 7) is 3.40. The third-order valence-electron chi connectivity index (χ3n) is 3.05. The van der Waals surface area contributed by atoms with Crippen LogP contribution in [0.1, 0.15) is 19.4 Å². The van der Waals surface area contributed by atoms with Gasteiger partial charge in [-0.15, -0.1) is 13.2 Å². The van der Waals surface area contributed by atoms with E-state index in [0.717, 1.165) is 0 Å². The summed E-state index contributed by atoms with van der Waals surface area (Å²) < 4.78 is 39.8. The van der Waals surface area contributed by atoms with Crippen LogP contribution in [0.2, 0.25) is 0 Å². The average Bonchev–Trinajstić information content (AvgIpc) is 2.29. The number of aliphatic carboxylic acids is 1. The number of nitrogens with zero attached hydrogens (tertiary/aromatic N) is 1. The molecule has 0 radical (unpaired) electrons. The van der Waals surface area contributed by atoms with E-state index in [1.807, 2.05) is 0 Å². The van der Waals surface area contributed by atoms with Crippen LogP contribution in [-0.4, -0.2) is 34.9 Å². The van der Waals surface area contributed by atoms with Gasteiger partial charge in [-0.25, -0.2) is 0 Å². The zero-order valence-electron chi connectivity index (χ0n) is 11.4. The summed E-state index contributed by atoms with van der Waals surface area (Å²) >= 11 is 0. The summed E-state index contributed by atoms with van der Waals surface area (Å²) in [6, 6.07) is 5.33. The van der Waals surface area contributed by atoms with E-state index in [1.54, 1.807) is 25.8 Å². The minimum Gasteiger partial charge on any atom is -0.480 e. The Bertz CT molecular complexity index is 469. The molecule has 1 aromatic carbocycles. The Labute approximate surface area is 114 Å².